The predicted molar refractivity (Wildman–Crippen MR) is 157 cm³/mol. The minimum atomic E-state index is -4.79. The Bertz CT molecular complexity index is 1770. The first kappa shape index (κ1) is 33.7. The third-order valence-electron chi connectivity index (χ3n) is 9.26. The number of carbonyl (C=O) groups excluding carboxylic acids is 1. The normalized spacial score (nSPS) is 23.7. The van der Waals surface area contributed by atoms with Crippen LogP contribution >= 0.6 is 0 Å². The van der Waals surface area contributed by atoms with Gasteiger partial charge in [-0.05, 0) is 73.3 Å². The molecule has 2 aliphatic carbocycles. The average Bonchev–Trinajstić information content (AvgIpc) is 3.71. The van der Waals surface area contributed by atoms with Crippen LogP contribution < -0.4 is 5.73 Å². The molecule has 0 bridgehead atoms. The van der Waals surface area contributed by atoms with Gasteiger partial charge >= 0.3 is 12.1 Å². The molecular weight excluding hydrogens is 647 g/mol. The zero-order chi connectivity index (χ0) is 34.4. The second kappa shape index (κ2) is 12.7. The maximum atomic E-state index is 16.4. The van der Waals surface area contributed by atoms with Gasteiger partial charge in [0.2, 0.25) is 17.6 Å². The summed E-state index contributed by atoms with van der Waals surface area (Å²) in [5.41, 5.74) is 5.17. The van der Waals surface area contributed by atoms with Crippen LogP contribution in [0.25, 0.3) is 22.8 Å². The Morgan fingerprint density at radius 2 is 1.71 bits per heavy atom. The van der Waals surface area contributed by atoms with Crippen LogP contribution in [-0.2, 0) is 29.5 Å². The van der Waals surface area contributed by atoms with Crippen molar-refractivity contribution < 1.29 is 44.5 Å². The lowest BCUT2D eigenvalue weighted by atomic mass is 9.80. The molecule has 1 saturated carbocycles. The molecule has 0 saturated heterocycles. The van der Waals surface area contributed by atoms with Crippen molar-refractivity contribution in [3.8, 4) is 22.8 Å². The molecular formula is C33H32F7N5O3. The first-order valence-corrected chi connectivity index (χ1v) is 15.6. The Labute approximate surface area is 270 Å². The summed E-state index contributed by atoms with van der Waals surface area (Å²) >= 11 is 0. The number of hydrogen-bond donors (Lipinski definition) is 1. The Morgan fingerprint density at radius 1 is 1.00 bits per heavy atom. The van der Waals surface area contributed by atoms with Crippen molar-refractivity contribution in [1.29, 1.82) is 0 Å². The van der Waals surface area contributed by atoms with Crippen molar-refractivity contribution >= 4 is 5.78 Å². The summed E-state index contributed by atoms with van der Waals surface area (Å²) in [5.74, 6) is -6.17. The maximum absolute atomic E-state index is 16.4. The Balaban J connectivity index is 1.31. The number of fused-ring (bicyclic) bond motifs is 1. The van der Waals surface area contributed by atoms with E-state index in [0.29, 0.717) is 24.0 Å². The lowest BCUT2D eigenvalue weighted by Gasteiger charge is -2.28. The van der Waals surface area contributed by atoms with Gasteiger partial charge in [0.25, 0.3) is 5.89 Å². The van der Waals surface area contributed by atoms with Gasteiger partial charge in [0.05, 0.1) is 11.6 Å². The number of Topliss-reactive ketones (excluding diaryl/α,β-unsaturated/α-hetero) is 1. The van der Waals surface area contributed by atoms with Gasteiger partial charge in [-0.25, -0.2) is 17.6 Å². The summed E-state index contributed by atoms with van der Waals surface area (Å²) in [6, 6.07) is 7.71. The topological polar surface area (TPSA) is 121 Å². The number of carbonyl (C=O) groups is 1. The molecule has 48 heavy (non-hydrogen) atoms. The highest BCUT2D eigenvalue weighted by molar-refractivity contribution is 5.84. The van der Waals surface area contributed by atoms with E-state index < -0.39 is 41.4 Å². The Hall–Kier alpha value is -4.14. The van der Waals surface area contributed by atoms with E-state index >= 15 is 8.78 Å². The third-order valence-corrected chi connectivity index (χ3v) is 9.26. The number of aromatic nitrogens is 4. The third kappa shape index (κ3) is 7.30. The number of alkyl halides is 6. The number of hydrogen-bond acceptors (Lipinski definition) is 8. The van der Waals surface area contributed by atoms with Crippen LogP contribution in [0, 0.1) is 11.7 Å². The molecule has 256 valence electrons. The highest BCUT2D eigenvalue weighted by Gasteiger charge is 2.40. The zero-order valence-corrected chi connectivity index (χ0v) is 25.8. The molecule has 0 spiro atoms. The smallest absolute Gasteiger partial charge is 0.421 e. The zero-order valence-electron chi connectivity index (χ0n) is 25.8. The highest BCUT2D eigenvalue weighted by atomic mass is 19.4. The molecule has 2 aromatic carbocycles. The van der Waals surface area contributed by atoms with Gasteiger partial charge < -0.3 is 14.7 Å². The van der Waals surface area contributed by atoms with Gasteiger partial charge in [-0.2, -0.15) is 18.2 Å². The molecule has 0 aliphatic heterocycles. The predicted octanol–water partition coefficient (Wildman–Crippen LogP) is 7.90. The number of nitrogens with zero attached hydrogens (tertiary/aromatic N) is 4. The summed E-state index contributed by atoms with van der Waals surface area (Å²) in [5, 5.41) is 11.4. The fraction of sp³-hybridized carbons (Fsp3) is 0.485. The van der Waals surface area contributed by atoms with E-state index in [1.54, 1.807) is 12.1 Å². The van der Waals surface area contributed by atoms with E-state index in [2.05, 4.69) is 24.9 Å². The molecule has 3 atom stereocenters. The van der Waals surface area contributed by atoms with Crippen LogP contribution in [0.5, 0.6) is 0 Å². The summed E-state index contributed by atoms with van der Waals surface area (Å²) in [4.78, 5) is 16.2. The number of benzene rings is 2. The molecule has 8 nitrogen and oxygen atoms in total. The Kier molecular flexibility index (Phi) is 8.94. The summed E-state index contributed by atoms with van der Waals surface area (Å²) < 4.78 is 108. The van der Waals surface area contributed by atoms with Crippen molar-refractivity contribution in [3.05, 3.63) is 70.7 Å². The first-order valence-electron chi connectivity index (χ1n) is 15.6. The molecule has 2 unspecified atom stereocenters. The molecule has 2 N–H and O–H groups in total. The lowest BCUT2D eigenvalue weighted by molar-refractivity contribution is -0.159. The van der Waals surface area contributed by atoms with E-state index in [4.69, 9.17) is 10.2 Å². The van der Waals surface area contributed by atoms with E-state index in [-0.39, 0.29) is 90.9 Å². The molecule has 1 fully saturated rings. The first-order chi connectivity index (χ1) is 22.6. The molecule has 2 aromatic heterocycles. The standard InChI is InChI=1S/C33H32F7N5O3/c1-31(35)16-25(41)26(46)7-6-20(12-17-2-4-19(5-3-17)28-42-30(48-45-28)33(38,39)40)21-14-22(24(34)15-23(21)31)29-44-43-27(47-29)13-18-8-10-32(36,37)11-9-18/h2-5,14-15,18,20,25H,6-13,16,41H2,1H3/t20?,25-,31?/m1/s1. The monoisotopic (exact) mass is 679 g/mol. The van der Waals surface area contributed by atoms with Crippen molar-refractivity contribution in [2.45, 2.75) is 94.4 Å². The van der Waals surface area contributed by atoms with Crippen LogP contribution in [0.15, 0.2) is 45.3 Å². The van der Waals surface area contributed by atoms with E-state index in [1.165, 1.54) is 25.1 Å². The van der Waals surface area contributed by atoms with E-state index in [1.807, 2.05) is 0 Å². The van der Waals surface area contributed by atoms with Gasteiger partial charge in [-0.1, -0.05) is 29.4 Å². The van der Waals surface area contributed by atoms with Gasteiger partial charge in [-0.3, -0.25) is 4.79 Å². The number of rotatable bonds is 6. The van der Waals surface area contributed by atoms with Crippen molar-refractivity contribution in [1.82, 2.24) is 20.3 Å². The lowest BCUT2D eigenvalue weighted by Crippen LogP contribution is -2.36. The van der Waals surface area contributed by atoms with Crippen molar-refractivity contribution in [2.24, 2.45) is 11.7 Å². The highest BCUT2D eigenvalue weighted by Crippen LogP contribution is 2.43. The molecule has 2 heterocycles. The van der Waals surface area contributed by atoms with Crippen LogP contribution in [0.2, 0.25) is 0 Å². The molecule has 0 radical (unpaired) electrons. The van der Waals surface area contributed by atoms with Crippen LogP contribution in [0.3, 0.4) is 0 Å². The average molecular weight is 680 g/mol. The molecule has 2 aliphatic rings. The van der Waals surface area contributed by atoms with Crippen LogP contribution in [0.4, 0.5) is 30.7 Å². The summed E-state index contributed by atoms with van der Waals surface area (Å²) in [6.07, 6.45) is -4.26. The van der Waals surface area contributed by atoms with E-state index in [0.717, 1.165) is 6.07 Å². The van der Waals surface area contributed by atoms with Crippen molar-refractivity contribution in [2.75, 3.05) is 0 Å². The summed E-state index contributed by atoms with van der Waals surface area (Å²) in [6.45, 7) is 1.24. The second-order valence-electron chi connectivity index (χ2n) is 13.0. The number of ketones is 1. The fourth-order valence-corrected chi connectivity index (χ4v) is 6.58. The molecule has 4 aromatic rings. The second-order valence-corrected chi connectivity index (χ2v) is 13.0. The minimum Gasteiger partial charge on any atom is -0.421 e. The Morgan fingerprint density at radius 3 is 2.38 bits per heavy atom. The molecule has 6 rings (SSSR count). The van der Waals surface area contributed by atoms with Crippen molar-refractivity contribution in [3.63, 3.8) is 0 Å². The van der Waals surface area contributed by atoms with Gasteiger partial charge in [0, 0.05) is 37.7 Å². The van der Waals surface area contributed by atoms with Gasteiger partial charge in [-0.15, -0.1) is 10.2 Å². The van der Waals surface area contributed by atoms with Crippen LogP contribution in [-0.4, -0.2) is 38.1 Å². The molecule has 15 heteroatoms. The number of halogens is 7. The SMILES string of the molecule is CC1(F)C[C@@H](N)C(=O)CCC(Cc2ccc(-c3noc(C(F)(F)F)n3)cc2)c2cc(-c3nnc(CC4CCC(F)(F)CC4)o3)c(F)cc21. The quantitative estimate of drug-likeness (QED) is 0.204. The minimum absolute atomic E-state index is 0.0184. The van der Waals surface area contributed by atoms with E-state index in [9.17, 15) is 26.7 Å². The summed E-state index contributed by atoms with van der Waals surface area (Å²) in [7, 11) is 0. The maximum Gasteiger partial charge on any atom is 0.471 e. The molecule has 0 amide bonds. The van der Waals surface area contributed by atoms with Gasteiger partial charge in [0.1, 0.15) is 17.3 Å². The van der Waals surface area contributed by atoms with Gasteiger partial charge in [0.15, 0.2) is 0 Å². The largest absolute Gasteiger partial charge is 0.471 e. The number of nitrogens with two attached hydrogens (primary N) is 1. The fourth-order valence-electron chi connectivity index (χ4n) is 6.58. The van der Waals surface area contributed by atoms with Crippen LogP contribution in [0.1, 0.15) is 86.3 Å².